The van der Waals surface area contributed by atoms with Crippen molar-refractivity contribution in [1.82, 2.24) is 9.97 Å². The normalized spacial score (nSPS) is 11.2. The third-order valence-corrected chi connectivity index (χ3v) is 5.81. The van der Waals surface area contributed by atoms with Gasteiger partial charge in [-0.3, -0.25) is 0 Å². The second-order valence-electron chi connectivity index (χ2n) is 8.21. The molecule has 5 aromatic rings. The summed E-state index contributed by atoms with van der Waals surface area (Å²) in [5, 5.41) is 35.3. The van der Waals surface area contributed by atoms with Crippen molar-refractivity contribution in [2.45, 2.75) is 13.8 Å². The van der Waals surface area contributed by atoms with Gasteiger partial charge in [-0.1, -0.05) is 42.0 Å². The van der Waals surface area contributed by atoms with Gasteiger partial charge in [-0.15, -0.1) is 0 Å². The number of H-pyrrole nitrogens is 2. The molecule has 0 fully saturated rings. The maximum Gasteiger partial charge on any atom is 0.173 e. The fraction of sp³-hybridized carbons (Fsp3) is 0.111. The molecule has 3 aromatic carbocycles. The summed E-state index contributed by atoms with van der Waals surface area (Å²) in [7, 11) is 0. The molecule has 0 saturated carbocycles. The topological polar surface area (TPSA) is 102 Å². The van der Waals surface area contributed by atoms with Crippen molar-refractivity contribution in [3.05, 3.63) is 72.6 Å². The molecule has 6 heteroatoms. The maximum absolute atomic E-state index is 11.4. The first-order valence-corrected chi connectivity index (χ1v) is 10.7. The standard InChI is InChI=1S/C27H24N2O4/c1-15(2)11-12-33-27-23(19-14-29-21-10-6-4-8-17(19)21)25(31)24(30)22(26(27)32)18-13-28-20-9-5-3-7-16(18)20/h3-11,13-14,28-32H,12H2,1-2H3. The molecule has 0 unspecified atom stereocenters. The minimum absolute atomic E-state index is 0.104. The molecule has 0 spiro atoms. The number of benzene rings is 3. The van der Waals surface area contributed by atoms with Crippen LogP contribution in [-0.4, -0.2) is 31.9 Å². The number of ether oxygens (including phenoxy) is 1. The lowest BCUT2D eigenvalue weighted by atomic mass is 9.95. The quantitative estimate of drug-likeness (QED) is 0.123. The summed E-state index contributed by atoms with van der Waals surface area (Å²) < 4.78 is 6.02. The zero-order valence-corrected chi connectivity index (χ0v) is 18.3. The summed E-state index contributed by atoms with van der Waals surface area (Å²) in [6.45, 7) is 4.10. The molecule has 2 aromatic heterocycles. The molecule has 6 nitrogen and oxygen atoms in total. The van der Waals surface area contributed by atoms with E-state index in [0.29, 0.717) is 11.1 Å². The molecule has 0 aliphatic heterocycles. The number of aromatic hydroxyl groups is 3. The van der Waals surface area contributed by atoms with Crippen LogP contribution in [0.4, 0.5) is 0 Å². The highest BCUT2D eigenvalue weighted by molar-refractivity contribution is 6.05. The number of hydrogen-bond donors (Lipinski definition) is 5. The summed E-state index contributed by atoms with van der Waals surface area (Å²) in [5.74, 6) is -0.901. The van der Waals surface area contributed by atoms with Crippen LogP contribution in [0.3, 0.4) is 0 Å². The lowest BCUT2D eigenvalue weighted by molar-refractivity contribution is 0.330. The molecule has 0 atom stereocenters. The van der Waals surface area contributed by atoms with Gasteiger partial charge in [0.25, 0.3) is 0 Å². The summed E-state index contributed by atoms with van der Waals surface area (Å²) in [5.41, 5.74) is 4.29. The molecule has 0 saturated heterocycles. The largest absolute Gasteiger partial charge is 0.504 e. The second kappa shape index (κ2) is 7.98. The average Bonchev–Trinajstić information content (AvgIpc) is 3.42. The van der Waals surface area contributed by atoms with Gasteiger partial charge in [0.05, 0.1) is 11.1 Å². The van der Waals surface area contributed by atoms with Gasteiger partial charge in [0.2, 0.25) is 0 Å². The highest BCUT2D eigenvalue weighted by atomic mass is 16.5. The highest BCUT2D eigenvalue weighted by Crippen LogP contribution is 2.57. The predicted octanol–water partition coefficient (Wildman–Crippen LogP) is 6.45. The number of phenolic OH excluding ortho intramolecular Hbond substituents is 3. The van der Waals surface area contributed by atoms with Gasteiger partial charge in [-0.25, -0.2) is 0 Å². The van der Waals surface area contributed by atoms with Crippen LogP contribution in [-0.2, 0) is 0 Å². The van der Waals surface area contributed by atoms with E-state index in [9.17, 15) is 15.3 Å². The summed E-state index contributed by atoms with van der Waals surface area (Å²) in [4.78, 5) is 6.32. The number of phenols is 3. The number of nitrogens with one attached hydrogen (secondary N) is 2. The Balaban J connectivity index is 1.80. The lowest BCUT2D eigenvalue weighted by Gasteiger charge is -2.18. The Hall–Kier alpha value is -4.32. The SMILES string of the molecule is CC(C)=CCOc1c(O)c(-c2c[nH]c3ccccc23)c(O)c(O)c1-c1c[nH]c2ccccc12. The van der Waals surface area contributed by atoms with Crippen molar-refractivity contribution < 1.29 is 20.1 Å². The number of hydrogen-bond acceptors (Lipinski definition) is 4. The molecular weight excluding hydrogens is 416 g/mol. The third kappa shape index (κ3) is 3.36. The van der Waals surface area contributed by atoms with Crippen LogP contribution in [0.1, 0.15) is 13.8 Å². The van der Waals surface area contributed by atoms with Crippen molar-refractivity contribution in [1.29, 1.82) is 0 Å². The summed E-state index contributed by atoms with van der Waals surface area (Å²) >= 11 is 0. The molecule has 0 amide bonds. The zero-order chi connectivity index (χ0) is 23.1. The molecule has 0 aliphatic rings. The van der Waals surface area contributed by atoms with Crippen molar-refractivity contribution >= 4 is 21.8 Å². The molecule has 33 heavy (non-hydrogen) atoms. The Morgan fingerprint density at radius 1 is 0.758 bits per heavy atom. The Labute approximate surface area is 190 Å². The monoisotopic (exact) mass is 440 g/mol. The lowest BCUT2D eigenvalue weighted by Crippen LogP contribution is -1.99. The van der Waals surface area contributed by atoms with E-state index in [1.54, 1.807) is 12.4 Å². The van der Waals surface area contributed by atoms with Gasteiger partial charge in [0.1, 0.15) is 6.61 Å². The first-order chi connectivity index (χ1) is 16.0. The number of rotatable bonds is 5. The average molecular weight is 440 g/mol. The number of aromatic nitrogens is 2. The van der Waals surface area contributed by atoms with Crippen molar-refractivity contribution in [2.24, 2.45) is 0 Å². The molecule has 166 valence electrons. The van der Waals surface area contributed by atoms with E-state index in [2.05, 4.69) is 9.97 Å². The fourth-order valence-corrected chi connectivity index (χ4v) is 4.18. The Morgan fingerprint density at radius 3 is 1.85 bits per heavy atom. The minimum atomic E-state index is -0.410. The first kappa shape index (κ1) is 20.6. The molecule has 0 aliphatic carbocycles. The second-order valence-corrected chi connectivity index (χ2v) is 8.21. The number of aromatic amines is 2. The number of allylic oxidation sites excluding steroid dienone is 1. The van der Waals surface area contributed by atoms with Crippen LogP contribution in [0, 0.1) is 0 Å². The Kier molecular flexibility index (Phi) is 4.98. The van der Waals surface area contributed by atoms with Crippen molar-refractivity contribution in [2.75, 3.05) is 6.61 Å². The van der Waals surface area contributed by atoms with Crippen molar-refractivity contribution in [3.8, 4) is 45.3 Å². The Bertz CT molecular complexity index is 1520. The van der Waals surface area contributed by atoms with Crippen LogP contribution >= 0.6 is 0 Å². The highest BCUT2D eigenvalue weighted by Gasteiger charge is 2.29. The van der Waals surface area contributed by atoms with Gasteiger partial charge >= 0.3 is 0 Å². The molecule has 2 heterocycles. The van der Waals surface area contributed by atoms with E-state index in [0.717, 1.165) is 27.4 Å². The zero-order valence-electron chi connectivity index (χ0n) is 18.3. The smallest absolute Gasteiger partial charge is 0.173 e. The molecular formula is C27H24N2O4. The van der Waals surface area contributed by atoms with E-state index in [1.165, 1.54) is 0 Å². The van der Waals surface area contributed by atoms with Crippen molar-refractivity contribution in [3.63, 3.8) is 0 Å². The van der Waals surface area contributed by atoms with E-state index in [-0.39, 0.29) is 35.0 Å². The molecule has 5 N–H and O–H groups in total. The molecule has 5 rings (SSSR count). The van der Waals surface area contributed by atoms with Crippen LogP contribution in [0.2, 0.25) is 0 Å². The molecule has 0 radical (unpaired) electrons. The van der Waals surface area contributed by atoms with Crippen LogP contribution < -0.4 is 4.74 Å². The van der Waals surface area contributed by atoms with Crippen LogP contribution in [0.25, 0.3) is 44.1 Å². The van der Waals surface area contributed by atoms with Gasteiger partial charge < -0.3 is 30.0 Å². The number of para-hydroxylation sites is 2. The van der Waals surface area contributed by atoms with Crippen LogP contribution in [0.5, 0.6) is 23.0 Å². The first-order valence-electron chi connectivity index (χ1n) is 10.7. The van der Waals surface area contributed by atoms with E-state index in [4.69, 9.17) is 4.74 Å². The van der Waals surface area contributed by atoms with Gasteiger partial charge in [0, 0.05) is 45.3 Å². The summed E-state index contributed by atoms with van der Waals surface area (Å²) in [6.07, 6.45) is 5.32. The van der Waals surface area contributed by atoms with Crippen LogP contribution in [0.15, 0.2) is 72.6 Å². The van der Waals surface area contributed by atoms with E-state index in [1.807, 2.05) is 68.5 Å². The van der Waals surface area contributed by atoms with Gasteiger partial charge in [0.15, 0.2) is 23.0 Å². The predicted molar refractivity (Wildman–Crippen MR) is 131 cm³/mol. The van der Waals surface area contributed by atoms with E-state index < -0.39 is 5.75 Å². The third-order valence-electron chi connectivity index (χ3n) is 5.81. The van der Waals surface area contributed by atoms with Gasteiger partial charge in [-0.05, 0) is 32.1 Å². The number of fused-ring (bicyclic) bond motifs is 2. The van der Waals surface area contributed by atoms with E-state index >= 15 is 0 Å². The Morgan fingerprint density at radius 2 is 1.27 bits per heavy atom. The van der Waals surface area contributed by atoms with Gasteiger partial charge in [-0.2, -0.15) is 0 Å². The molecule has 0 bridgehead atoms. The minimum Gasteiger partial charge on any atom is -0.504 e. The maximum atomic E-state index is 11.4. The summed E-state index contributed by atoms with van der Waals surface area (Å²) in [6, 6.07) is 15.2. The fourth-order valence-electron chi connectivity index (χ4n) is 4.18.